The number of aromatic hydroxyl groups is 1. The van der Waals surface area contributed by atoms with E-state index in [4.69, 9.17) is 15.2 Å². The second kappa shape index (κ2) is 11.4. The zero-order valence-electron chi connectivity index (χ0n) is 18.9. The molecule has 0 heterocycles. The average Bonchev–Trinajstić information content (AvgIpc) is 2.83. The van der Waals surface area contributed by atoms with Gasteiger partial charge in [-0.1, -0.05) is 49.4 Å². The Morgan fingerprint density at radius 2 is 1.71 bits per heavy atom. The van der Waals surface area contributed by atoms with E-state index in [2.05, 4.69) is 10.6 Å². The zero-order chi connectivity index (χ0) is 24.5. The Balaban J connectivity index is 1.78. The van der Waals surface area contributed by atoms with Crippen LogP contribution in [0.5, 0.6) is 11.5 Å². The van der Waals surface area contributed by atoms with Crippen LogP contribution in [0.2, 0.25) is 0 Å². The molecule has 0 aromatic heterocycles. The highest BCUT2D eigenvalue weighted by Gasteiger charge is 2.24. The highest BCUT2D eigenvalue weighted by molar-refractivity contribution is 6.01. The van der Waals surface area contributed by atoms with Crippen LogP contribution < -0.4 is 21.1 Å². The molecule has 5 N–H and O–H groups in total. The summed E-state index contributed by atoms with van der Waals surface area (Å²) in [4.78, 5) is 25.0. The molecule has 0 unspecified atom stereocenters. The van der Waals surface area contributed by atoms with Gasteiger partial charge in [-0.25, -0.2) is 4.79 Å². The van der Waals surface area contributed by atoms with Crippen molar-refractivity contribution in [1.82, 2.24) is 0 Å². The van der Waals surface area contributed by atoms with Crippen molar-refractivity contribution in [1.29, 1.82) is 0 Å². The first-order chi connectivity index (χ1) is 16.4. The lowest BCUT2D eigenvalue weighted by molar-refractivity contribution is -0.111. The summed E-state index contributed by atoms with van der Waals surface area (Å²) in [5.74, 6) is -0.604. The maximum atomic E-state index is 12.6. The highest BCUT2D eigenvalue weighted by Crippen LogP contribution is 2.34. The maximum Gasteiger partial charge on any atom is 0.412 e. The van der Waals surface area contributed by atoms with Crippen molar-refractivity contribution < 1.29 is 24.2 Å². The van der Waals surface area contributed by atoms with Crippen LogP contribution >= 0.6 is 0 Å². The summed E-state index contributed by atoms with van der Waals surface area (Å²) in [6.45, 7) is 1.79. The first-order valence-electron chi connectivity index (χ1n) is 10.6. The van der Waals surface area contributed by atoms with E-state index in [-0.39, 0.29) is 11.7 Å². The van der Waals surface area contributed by atoms with Gasteiger partial charge >= 0.3 is 6.09 Å². The van der Waals surface area contributed by atoms with Crippen molar-refractivity contribution in [3.63, 3.8) is 0 Å². The smallest absolute Gasteiger partial charge is 0.412 e. The number of benzene rings is 3. The Kier molecular flexibility index (Phi) is 8.12. The predicted octanol–water partition coefficient (Wildman–Crippen LogP) is 5.10. The quantitative estimate of drug-likeness (QED) is 0.273. The third kappa shape index (κ3) is 6.52. The number of phenolic OH excluding ortho intramolecular Hbond substituents is 1. The van der Waals surface area contributed by atoms with Crippen molar-refractivity contribution in [2.24, 2.45) is 5.92 Å². The van der Waals surface area contributed by atoms with Crippen LogP contribution in [0.15, 0.2) is 84.9 Å². The Hall–Kier alpha value is -4.46. The summed E-state index contributed by atoms with van der Waals surface area (Å²) >= 11 is 0. The van der Waals surface area contributed by atoms with E-state index >= 15 is 0 Å². The number of ether oxygens (including phenoxy) is 2. The van der Waals surface area contributed by atoms with Crippen LogP contribution in [0, 0.1) is 5.92 Å². The van der Waals surface area contributed by atoms with Gasteiger partial charge < -0.3 is 25.6 Å². The first-order valence-corrected chi connectivity index (χ1v) is 10.6. The Morgan fingerprint density at radius 1 is 1.00 bits per heavy atom. The lowest BCUT2D eigenvalue weighted by Crippen LogP contribution is -2.21. The molecule has 0 aliphatic heterocycles. The van der Waals surface area contributed by atoms with E-state index in [0.717, 1.165) is 0 Å². The number of nitrogen functional groups attached to an aromatic ring is 1. The van der Waals surface area contributed by atoms with Crippen molar-refractivity contribution in [2.75, 3.05) is 23.5 Å². The number of hydrogen-bond donors (Lipinski definition) is 4. The average molecular weight is 462 g/mol. The molecule has 0 fully saturated rings. The molecule has 0 saturated carbocycles. The number of anilines is 3. The molecule has 34 heavy (non-hydrogen) atoms. The summed E-state index contributed by atoms with van der Waals surface area (Å²) < 4.78 is 10.8. The van der Waals surface area contributed by atoms with Crippen molar-refractivity contribution in [3.05, 3.63) is 90.5 Å². The Bertz CT molecular complexity index is 1160. The number of nitrogens with two attached hydrogens (primary N) is 1. The van der Waals surface area contributed by atoms with Gasteiger partial charge in [-0.15, -0.1) is 0 Å². The largest absolute Gasteiger partial charge is 0.504 e. The summed E-state index contributed by atoms with van der Waals surface area (Å²) in [5.41, 5.74) is 7.93. The fourth-order valence-electron chi connectivity index (χ4n) is 3.27. The summed E-state index contributed by atoms with van der Waals surface area (Å²) in [6, 6.07) is 20.5. The van der Waals surface area contributed by atoms with Crippen LogP contribution in [0.3, 0.4) is 0 Å². The fourth-order valence-corrected chi connectivity index (χ4v) is 3.27. The molecule has 0 aliphatic carbocycles. The van der Waals surface area contributed by atoms with E-state index in [1.54, 1.807) is 73.7 Å². The van der Waals surface area contributed by atoms with Gasteiger partial charge in [-0.05, 0) is 48.0 Å². The molecule has 3 aromatic carbocycles. The van der Waals surface area contributed by atoms with Gasteiger partial charge in [0.05, 0.1) is 18.5 Å². The van der Waals surface area contributed by atoms with Gasteiger partial charge in [0.15, 0.2) is 11.5 Å². The number of nitrogens with one attached hydrogen (secondary N) is 2. The summed E-state index contributed by atoms with van der Waals surface area (Å²) in [6.07, 6.45) is 1.50. The number of phenols is 1. The van der Waals surface area contributed by atoms with E-state index in [1.807, 2.05) is 6.07 Å². The number of rotatable bonds is 8. The SMILES string of the molecule is COc1ccc([C@H](OC(=O)Nc2ccccc2)[C@@H](C)/C=C/C(=O)Nc2ccccc2N)cc1O. The topological polar surface area (TPSA) is 123 Å². The van der Waals surface area contributed by atoms with E-state index in [1.165, 1.54) is 19.3 Å². The van der Waals surface area contributed by atoms with E-state index < -0.39 is 18.1 Å². The van der Waals surface area contributed by atoms with Crippen LogP contribution in [0.4, 0.5) is 21.9 Å². The van der Waals surface area contributed by atoms with Gasteiger partial charge in [-0.2, -0.15) is 0 Å². The standard InChI is InChI=1S/C26H27N3O5/c1-17(12-15-24(31)29-21-11-7-6-10-20(21)27)25(18-13-14-23(33-2)22(30)16-18)34-26(32)28-19-8-4-3-5-9-19/h3-17,25,30H,27H2,1-2H3,(H,28,32)(H,29,31)/b15-12+/t17-,25+/m0/s1. The Labute approximate surface area is 198 Å². The monoisotopic (exact) mass is 461 g/mol. The second-order valence-electron chi connectivity index (χ2n) is 7.54. The number of carbonyl (C=O) groups excluding carboxylic acids is 2. The molecule has 176 valence electrons. The van der Waals surface area contributed by atoms with Crippen LogP contribution in [0.1, 0.15) is 18.6 Å². The minimum atomic E-state index is -0.800. The first kappa shape index (κ1) is 24.2. The van der Waals surface area contributed by atoms with Gasteiger partial charge in [0, 0.05) is 11.6 Å². The van der Waals surface area contributed by atoms with Gasteiger partial charge in [0.25, 0.3) is 0 Å². The zero-order valence-corrected chi connectivity index (χ0v) is 18.9. The number of hydrogen-bond acceptors (Lipinski definition) is 6. The highest BCUT2D eigenvalue weighted by atomic mass is 16.6. The molecule has 8 nitrogen and oxygen atoms in total. The molecule has 3 rings (SSSR count). The molecular weight excluding hydrogens is 434 g/mol. The molecule has 2 amide bonds. The number of amides is 2. The normalized spacial score (nSPS) is 12.5. The third-order valence-electron chi connectivity index (χ3n) is 5.03. The molecule has 0 spiro atoms. The number of methoxy groups -OCH3 is 1. The Morgan fingerprint density at radius 3 is 2.38 bits per heavy atom. The van der Waals surface area contributed by atoms with Gasteiger partial charge in [-0.3, -0.25) is 10.1 Å². The lowest BCUT2D eigenvalue weighted by atomic mass is 9.96. The van der Waals surface area contributed by atoms with Crippen molar-refractivity contribution in [3.8, 4) is 11.5 Å². The van der Waals surface area contributed by atoms with Gasteiger partial charge in [0.1, 0.15) is 6.10 Å². The van der Waals surface area contributed by atoms with Crippen LogP contribution in [-0.4, -0.2) is 24.2 Å². The molecule has 0 radical (unpaired) electrons. The maximum absolute atomic E-state index is 12.6. The van der Waals surface area contributed by atoms with Crippen molar-refractivity contribution in [2.45, 2.75) is 13.0 Å². The number of carbonyl (C=O) groups is 2. The number of para-hydroxylation sites is 3. The van der Waals surface area contributed by atoms with E-state index in [0.29, 0.717) is 28.4 Å². The third-order valence-corrected chi connectivity index (χ3v) is 5.03. The van der Waals surface area contributed by atoms with Crippen molar-refractivity contribution >= 4 is 29.1 Å². The predicted molar refractivity (Wildman–Crippen MR) is 132 cm³/mol. The van der Waals surface area contributed by atoms with Gasteiger partial charge in [0.2, 0.25) is 5.91 Å². The van der Waals surface area contributed by atoms with E-state index in [9.17, 15) is 14.7 Å². The minimum Gasteiger partial charge on any atom is -0.504 e. The molecular formula is C26H27N3O5. The summed E-state index contributed by atoms with van der Waals surface area (Å²) in [7, 11) is 1.44. The molecule has 3 aromatic rings. The minimum absolute atomic E-state index is 0.0921. The molecule has 8 heteroatoms. The van der Waals surface area contributed by atoms with Crippen LogP contribution in [-0.2, 0) is 9.53 Å². The second-order valence-corrected chi connectivity index (χ2v) is 7.54. The van der Waals surface area contributed by atoms with Crippen LogP contribution in [0.25, 0.3) is 0 Å². The molecule has 0 aliphatic rings. The fraction of sp³-hybridized carbons (Fsp3) is 0.154. The molecule has 0 saturated heterocycles. The molecule has 0 bridgehead atoms. The summed E-state index contributed by atoms with van der Waals surface area (Å²) in [5, 5.41) is 15.6. The molecule has 2 atom stereocenters. The lowest BCUT2D eigenvalue weighted by Gasteiger charge is -2.23.